The van der Waals surface area contributed by atoms with Crippen LogP contribution in [0.5, 0.6) is 0 Å². The van der Waals surface area contributed by atoms with Gasteiger partial charge in [-0.2, -0.15) is 0 Å². The number of carbonyl (C=O) groups is 2. The van der Waals surface area contributed by atoms with E-state index in [1.165, 1.54) is 12.1 Å². The van der Waals surface area contributed by atoms with Gasteiger partial charge in [-0.3, -0.25) is 9.59 Å². The van der Waals surface area contributed by atoms with Gasteiger partial charge in [0.15, 0.2) is 0 Å². The van der Waals surface area contributed by atoms with E-state index in [4.69, 9.17) is 0 Å². The molecule has 2 amide bonds. The predicted molar refractivity (Wildman–Crippen MR) is 96.7 cm³/mol. The zero-order valence-corrected chi connectivity index (χ0v) is 15.3. The summed E-state index contributed by atoms with van der Waals surface area (Å²) in [6.07, 6.45) is 4.51. The Morgan fingerprint density at radius 3 is 2.28 bits per heavy atom. The fourth-order valence-electron chi connectivity index (χ4n) is 3.47. The van der Waals surface area contributed by atoms with E-state index >= 15 is 0 Å². The molecule has 4 nitrogen and oxygen atoms in total. The smallest absolute Gasteiger partial charge is 0.222 e. The van der Waals surface area contributed by atoms with Gasteiger partial charge in [-0.05, 0) is 50.8 Å². The van der Waals surface area contributed by atoms with Crippen molar-refractivity contribution in [2.45, 2.75) is 57.8 Å². The monoisotopic (exact) mass is 348 g/mol. The predicted octanol–water partition coefficient (Wildman–Crippen LogP) is 3.40. The average molecular weight is 348 g/mol. The second-order valence-corrected chi connectivity index (χ2v) is 6.84. The summed E-state index contributed by atoms with van der Waals surface area (Å²) < 4.78 is 13.1. The van der Waals surface area contributed by atoms with Crippen molar-refractivity contribution >= 4 is 11.8 Å². The normalized spacial score (nSPS) is 15.3. The first-order chi connectivity index (χ1) is 12.0. The van der Waals surface area contributed by atoms with E-state index in [1.54, 1.807) is 4.90 Å². The largest absolute Gasteiger partial charge is 0.355 e. The number of carbonyl (C=O) groups excluding carboxylic acids is 2. The molecule has 5 heteroatoms. The summed E-state index contributed by atoms with van der Waals surface area (Å²) in [6, 6.07) is 6.61. The van der Waals surface area contributed by atoms with Crippen LogP contribution in [0.3, 0.4) is 0 Å². The van der Waals surface area contributed by atoms with Gasteiger partial charge in [0.05, 0.1) is 0 Å². The van der Waals surface area contributed by atoms with Crippen LogP contribution in [0, 0.1) is 5.82 Å². The summed E-state index contributed by atoms with van der Waals surface area (Å²) in [5.74, 6) is -0.138. The molecule has 0 atom stereocenters. The quantitative estimate of drug-likeness (QED) is 0.743. The molecule has 0 radical (unpaired) electrons. The highest BCUT2D eigenvalue weighted by Gasteiger charge is 2.38. The lowest BCUT2D eigenvalue weighted by Crippen LogP contribution is -2.45. The number of benzene rings is 1. The second kappa shape index (κ2) is 8.97. The Bertz CT molecular complexity index is 578. The maximum absolute atomic E-state index is 13.1. The van der Waals surface area contributed by atoms with Crippen LogP contribution < -0.4 is 5.32 Å². The molecular formula is C20H29FN2O2. The van der Waals surface area contributed by atoms with Gasteiger partial charge in [0.1, 0.15) is 5.82 Å². The van der Waals surface area contributed by atoms with Crippen molar-refractivity contribution in [3.8, 4) is 0 Å². The first kappa shape index (κ1) is 19.4. The number of halogens is 1. The fraction of sp³-hybridized carbons (Fsp3) is 0.600. The average Bonchev–Trinajstić information content (AvgIpc) is 2.56. The Morgan fingerprint density at radius 1 is 1.12 bits per heavy atom. The SMILES string of the molecule is CCN(CC)C(=O)CCCC(=O)NCC1(c2ccc(F)cc2)CCC1. The molecule has 1 aromatic carbocycles. The Kier molecular flexibility index (Phi) is 6.97. The third-order valence-corrected chi connectivity index (χ3v) is 5.30. The number of rotatable bonds is 9. The molecule has 0 saturated heterocycles. The Morgan fingerprint density at radius 2 is 1.76 bits per heavy atom. The number of hydrogen-bond donors (Lipinski definition) is 1. The molecule has 1 saturated carbocycles. The highest BCUT2D eigenvalue weighted by Crippen LogP contribution is 2.43. The van der Waals surface area contributed by atoms with Crippen molar-refractivity contribution in [1.82, 2.24) is 10.2 Å². The van der Waals surface area contributed by atoms with Crippen LogP contribution in [-0.4, -0.2) is 36.3 Å². The molecule has 1 N–H and O–H groups in total. The summed E-state index contributed by atoms with van der Waals surface area (Å²) >= 11 is 0. The molecule has 1 aromatic rings. The van der Waals surface area contributed by atoms with E-state index < -0.39 is 0 Å². The number of amides is 2. The molecule has 0 aliphatic heterocycles. The Balaban J connectivity index is 1.77. The molecular weight excluding hydrogens is 319 g/mol. The summed E-state index contributed by atoms with van der Waals surface area (Å²) in [4.78, 5) is 25.8. The third-order valence-electron chi connectivity index (χ3n) is 5.30. The summed E-state index contributed by atoms with van der Waals surface area (Å²) in [5.41, 5.74) is 1.04. The van der Waals surface area contributed by atoms with Crippen LogP contribution in [0.2, 0.25) is 0 Å². The van der Waals surface area contributed by atoms with Gasteiger partial charge in [0.25, 0.3) is 0 Å². The van der Waals surface area contributed by atoms with Gasteiger partial charge in [-0.15, -0.1) is 0 Å². The molecule has 0 heterocycles. The molecule has 1 aliphatic carbocycles. The topological polar surface area (TPSA) is 49.4 Å². The molecule has 25 heavy (non-hydrogen) atoms. The van der Waals surface area contributed by atoms with E-state index in [1.807, 2.05) is 26.0 Å². The van der Waals surface area contributed by atoms with Crippen LogP contribution >= 0.6 is 0 Å². The summed E-state index contributed by atoms with van der Waals surface area (Å²) in [6.45, 7) is 5.92. The lowest BCUT2D eigenvalue weighted by Gasteiger charge is -2.42. The van der Waals surface area contributed by atoms with E-state index in [9.17, 15) is 14.0 Å². The molecule has 0 bridgehead atoms. The maximum Gasteiger partial charge on any atom is 0.222 e. The highest BCUT2D eigenvalue weighted by atomic mass is 19.1. The molecule has 0 aromatic heterocycles. The molecule has 0 spiro atoms. The number of hydrogen-bond acceptors (Lipinski definition) is 2. The number of nitrogens with one attached hydrogen (secondary N) is 1. The minimum absolute atomic E-state index is 0.0132. The van der Waals surface area contributed by atoms with Crippen molar-refractivity contribution < 1.29 is 14.0 Å². The van der Waals surface area contributed by atoms with Crippen molar-refractivity contribution in [2.75, 3.05) is 19.6 Å². The van der Waals surface area contributed by atoms with Crippen LogP contribution in [0.4, 0.5) is 4.39 Å². The molecule has 1 fully saturated rings. The summed E-state index contributed by atoms with van der Waals surface area (Å²) in [7, 11) is 0. The van der Waals surface area contributed by atoms with Crippen molar-refractivity contribution in [3.05, 3.63) is 35.6 Å². The van der Waals surface area contributed by atoms with E-state index in [-0.39, 0.29) is 23.0 Å². The van der Waals surface area contributed by atoms with Crippen molar-refractivity contribution in [1.29, 1.82) is 0 Å². The fourth-order valence-corrected chi connectivity index (χ4v) is 3.47. The Hall–Kier alpha value is -1.91. The van der Waals surface area contributed by atoms with E-state index in [2.05, 4.69) is 5.32 Å². The zero-order valence-electron chi connectivity index (χ0n) is 15.3. The van der Waals surface area contributed by atoms with Gasteiger partial charge in [-0.25, -0.2) is 4.39 Å². The van der Waals surface area contributed by atoms with Crippen LogP contribution in [0.1, 0.15) is 57.9 Å². The van der Waals surface area contributed by atoms with Gasteiger partial charge in [-0.1, -0.05) is 18.6 Å². The lowest BCUT2D eigenvalue weighted by atomic mass is 9.64. The van der Waals surface area contributed by atoms with E-state index in [0.29, 0.717) is 38.9 Å². The zero-order chi connectivity index (χ0) is 18.3. The second-order valence-electron chi connectivity index (χ2n) is 6.84. The lowest BCUT2D eigenvalue weighted by molar-refractivity contribution is -0.131. The van der Waals surface area contributed by atoms with Gasteiger partial charge in [0.2, 0.25) is 11.8 Å². The standard InChI is InChI=1S/C20H29FN2O2/c1-3-23(4-2)19(25)8-5-7-18(24)22-15-20(13-6-14-20)16-9-11-17(21)12-10-16/h9-12H,3-8,13-15H2,1-2H3,(H,22,24). The van der Waals surface area contributed by atoms with E-state index in [0.717, 1.165) is 24.8 Å². The van der Waals surface area contributed by atoms with Crippen molar-refractivity contribution in [2.24, 2.45) is 0 Å². The Labute approximate surface area is 149 Å². The number of nitrogens with zero attached hydrogens (tertiary/aromatic N) is 1. The minimum atomic E-state index is -0.236. The van der Waals surface area contributed by atoms with Gasteiger partial charge >= 0.3 is 0 Å². The maximum atomic E-state index is 13.1. The first-order valence-electron chi connectivity index (χ1n) is 9.31. The van der Waals surface area contributed by atoms with Crippen LogP contribution in [-0.2, 0) is 15.0 Å². The van der Waals surface area contributed by atoms with Crippen LogP contribution in [0.25, 0.3) is 0 Å². The van der Waals surface area contributed by atoms with Gasteiger partial charge in [0, 0.05) is 37.9 Å². The highest BCUT2D eigenvalue weighted by molar-refractivity contribution is 5.79. The van der Waals surface area contributed by atoms with Crippen molar-refractivity contribution in [3.63, 3.8) is 0 Å². The third kappa shape index (κ3) is 5.03. The minimum Gasteiger partial charge on any atom is -0.355 e. The molecule has 0 unspecified atom stereocenters. The molecule has 1 aliphatic rings. The van der Waals surface area contributed by atoms with Gasteiger partial charge < -0.3 is 10.2 Å². The van der Waals surface area contributed by atoms with Crippen LogP contribution in [0.15, 0.2) is 24.3 Å². The molecule has 138 valence electrons. The molecule has 2 rings (SSSR count). The first-order valence-corrected chi connectivity index (χ1v) is 9.31. The summed E-state index contributed by atoms with van der Waals surface area (Å²) in [5, 5.41) is 3.01.